The number of ether oxygens (including phenoxy) is 3. The molecule has 0 aliphatic heterocycles. The lowest BCUT2D eigenvalue weighted by atomic mass is 9.46. The van der Waals surface area contributed by atoms with E-state index in [0.717, 1.165) is 0 Å². The Hall–Kier alpha value is -2.26. The third kappa shape index (κ3) is 3.99. The van der Waals surface area contributed by atoms with Crippen molar-refractivity contribution in [3.05, 3.63) is 23.8 Å². The van der Waals surface area contributed by atoms with Crippen LogP contribution < -0.4 is 0 Å². The Balaban J connectivity index is 1.73. The van der Waals surface area contributed by atoms with Gasteiger partial charge in [0.15, 0.2) is 18.0 Å². The number of hydrogen-bond donors (Lipinski definition) is 1. The van der Waals surface area contributed by atoms with Crippen LogP contribution in [-0.2, 0) is 28.6 Å². The number of allylic oxidation sites excluding steroid dienone is 4. The topological polar surface area (TPSA) is 116 Å². The Morgan fingerprint density at radius 1 is 1.25 bits per heavy atom. The second kappa shape index (κ2) is 9.56. The molecule has 0 amide bonds. The van der Waals surface area contributed by atoms with E-state index in [1.54, 1.807) is 19.9 Å². The van der Waals surface area contributed by atoms with Crippen LogP contribution in [0, 0.1) is 28.6 Å². The number of Topliss-reactive ketones (excluding diaryl/α,β-unsaturated/α-hetero) is 1. The van der Waals surface area contributed by atoms with Crippen LogP contribution in [0.1, 0.15) is 46.5 Å². The van der Waals surface area contributed by atoms with Gasteiger partial charge in [-0.2, -0.15) is 0 Å². The predicted octanol–water partition coefficient (Wildman–Crippen LogP) is 3.48. The van der Waals surface area contributed by atoms with Crippen LogP contribution in [0.3, 0.4) is 0 Å². The maximum atomic E-state index is 15.5. The number of halogens is 2. The fourth-order valence-corrected chi connectivity index (χ4v) is 7.67. The van der Waals surface area contributed by atoms with Crippen molar-refractivity contribution >= 4 is 35.3 Å². The average molecular weight is 527 g/mol. The Kier molecular flexibility index (Phi) is 7.11. The van der Waals surface area contributed by atoms with Gasteiger partial charge in [-0.15, -0.1) is 11.6 Å². The predicted molar refractivity (Wildman–Crippen MR) is 126 cm³/mol. The number of carbonyl (C=O) groups excluding carboxylic acids is 4. The van der Waals surface area contributed by atoms with Crippen molar-refractivity contribution in [3.8, 4) is 0 Å². The average Bonchev–Trinajstić information content (AvgIpc) is 3.10. The van der Waals surface area contributed by atoms with E-state index in [2.05, 4.69) is 0 Å². The largest absolute Gasteiger partial charge is 0.509 e. The van der Waals surface area contributed by atoms with Gasteiger partial charge in [-0.1, -0.05) is 19.9 Å². The molecule has 1 unspecified atom stereocenters. The second-order valence-electron chi connectivity index (χ2n) is 10.7. The van der Waals surface area contributed by atoms with E-state index in [1.165, 1.54) is 12.2 Å². The smallest absolute Gasteiger partial charge is 0.457 e. The molecule has 3 fully saturated rings. The number of esters is 1. The zero-order valence-corrected chi connectivity index (χ0v) is 21.4. The van der Waals surface area contributed by atoms with E-state index in [9.17, 15) is 24.3 Å². The number of hydrogen-bond acceptors (Lipinski definition) is 8. The molecule has 0 spiro atoms. The highest BCUT2D eigenvalue weighted by Gasteiger charge is 2.71. The summed E-state index contributed by atoms with van der Waals surface area (Å²) in [6.07, 6.45) is 1.76. The number of rotatable bonds is 6. The quantitative estimate of drug-likeness (QED) is 0.413. The van der Waals surface area contributed by atoms with Crippen molar-refractivity contribution in [2.45, 2.75) is 64.3 Å². The van der Waals surface area contributed by atoms with Gasteiger partial charge in [0.05, 0.1) is 12.7 Å². The summed E-state index contributed by atoms with van der Waals surface area (Å²) in [7, 11) is 0. The highest BCUT2D eigenvalue weighted by molar-refractivity contribution is 6.26. The molecule has 198 valence electrons. The van der Waals surface area contributed by atoms with Gasteiger partial charge in [-0.05, 0) is 62.2 Å². The summed E-state index contributed by atoms with van der Waals surface area (Å²) in [6, 6.07) is 0. The Morgan fingerprint density at radius 3 is 2.64 bits per heavy atom. The minimum absolute atomic E-state index is 0.0276. The van der Waals surface area contributed by atoms with Gasteiger partial charge in [0.2, 0.25) is 5.78 Å². The first-order valence-electron chi connectivity index (χ1n) is 12.3. The van der Waals surface area contributed by atoms with Crippen LogP contribution in [0.4, 0.5) is 9.18 Å². The fourth-order valence-electron chi connectivity index (χ4n) is 7.60. The van der Waals surface area contributed by atoms with Crippen molar-refractivity contribution in [1.82, 2.24) is 0 Å². The van der Waals surface area contributed by atoms with Gasteiger partial charge in [0, 0.05) is 16.7 Å². The molecule has 36 heavy (non-hydrogen) atoms. The van der Waals surface area contributed by atoms with E-state index in [4.69, 9.17) is 25.8 Å². The molecule has 8 atom stereocenters. The van der Waals surface area contributed by atoms with E-state index < -0.39 is 59.1 Å². The molecule has 4 aliphatic carbocycles. The first-order chi connectivity index (χ1) is 16.9. The van der Waals surface area contributed by atoms with Crippen LogP contribution in [0.5, 0.6) is 0 Å². The van der Waals surface area contributed by atoms with Crippen LogP contribution in [0.15, 0.2) is 23.8 Å². The second-order valence-corrected chi connectivity index (χ2v) is 10.9. The monoisotopic (exact) mass is 526 g/mol. The Labute approximate surface area is 214 Å². The molecule has 0 aromatic rings. The number of aliphatic hydroxyl groups excluding tert-OH is 1. The number of ketones is 2. The molecule has 0 heterocycles. The minimum Gasteiger partial charge on any atom is -0.457 e. The Bertz CT molecular complexity index is 1030. The maximum Gasteiger partial charge on any atom is 0.509 e. The highest BCUT2D eigenvalue weighted by Crippen LogP contribution is 2.68. The van der Waals surface area contributed by atoms with Crippen molar-refractivity contribution < 1.29 is 42.9 Å². The maximum absolute atomic E-state index is 15.5. The summed E-state index contributed by atoms with van der Waals surface area (Å²) in [4.78, 5) is 49.7. The Morgan fingerprint density at radius 2 is 1.97 bits per heavy atom. The molecule has 0 bridgehead atoms. The first-order valence-corrected chi connectivity index (χ1v) is 12.8. The highest BCUT2D eigenvalue weighted by atomic mass is 35.5. The normalized spacial score (nSPS) is 40.9. The van der Waals surface area contributed by atoms with E-state index in [1.807, 2.05) is 6.92 Å². The fraction of sp³-hybridized carbons (Fsp3) is 0.692. The molecule has 0 radical (unpaired) electrons. The number of fused-ring (bicyclic) bond motifs is 5. The minimum atomic E-state index is -1.73. The van der Waals surface area contributed by atoms with Crippen molar-refractivity contribution in [2.24, 2.45) is 28.6 Å². The van der Waals surface area contributed by atoms with Crippen LogP contribution >= 0.6 is 11.6 Å². The summed E-state index contributed by atoms with van der Waals surface area (Å²) in [6.45, 7) is 4.58. The molecule has 4 rings (SSSR count). The molecule has 0 aromatic heterocycles. The van der Waals surface area contributed by atoms with Crippen LogP contribution in [-0.4, -0.2) is 65.8 Å². The molecule has 0 saturated heterocycles. The summed E-state index contributed by atoms with van der Waals surface area (Å²) in [5.41, 5.74) is -3.29. The zero-order valence-electron chi connectivity index (χ0n) is 20.6. The van der Waals surface area contributed by atoms with Crippen LogP contribution in [0.25, 0.3) is 0 Å². The molecule has 0 aromatic carbocycles. The molecule has 1 N–H and O–H groups in total. The summed E-state index contributed by atoms with van der Waals surface area (Å²) >= 11 is 5.49. The van der Waals surface area contributed by atoms with Crippen molar-refractivity contribution in [1.29, 1.82) is 0 Å². The molecular weight excluding hydrogens is 495 g/mol. The number of aliphatic hydroxyl groups is 1. The molecule has 3 saturated carbocycles. The number of alkyl halides is 2. The summed E-state index contributed by atoms with van der Waals surface area (Å²) in [5.74, 6) is -3.16. The summed E-state index contributed by atoms with van der Waals surface area (Å²) < 4.78 is 31.2. The lowest BCUT2D eigenvalue weighted by molar-refractivity contribution is -0.187. The van der Waals surface area contributed by atoms with Gasteiger partial charge >= 0.3 is 12.1 Å². The van der Waals surface area contributed by atoms with E-state index in [0.29, 0.717) is 12.0 Å². The molecule has 10 heteroatoms. The molecular formula is C26H32ClFO8. The lowest BCUT2D eigenvalue weighted by Gasteiger charge is -2.60. The molecule has 4 aliphatic rings. The van der Waals surface area contributed by atoms with Gasteiger partial charge in [0.25, 0.3) is 0 Å². The number of carbonyl (C=O) groups is 4. The first kappa shape index (κ1) is 26.8. The summed E-state index contributed by atoms with van der Waals surface area (Å²) in [5, 5.41) is 11.5. The third-order valence-corrected chi connectivity index (χ3v) is 9.26. The molecule has 8 nitrogen and oxygen atoms in total. The van der Waals surface area contributed by atoms with E-state index in [-0.39, 0.29) is 49.4 Å². The van der Waals surface area contributed by atoms with Gasteiger partial charge in [-0.3, -0.25) is 14.4 Å². The van der Waals surface area contributed by atoms with E-state index >= 15 is 4.39 Å². The standard InChI is InChI=1S/C26H32ClFO8/c1-4-34-23(33)36-26(20(31)13-35-21(32)12-27)8-6-16-15-10-18(28)17-9-14(29)5-7-24(17,2)22(15)19(30)11-25(16,26)3/h5,7,9,15-16,18-19,22,30H,4,6,8,10-13H2,1-3H3/t15-,16-,18-,19?,22+,24-,25-,26-/m0/s1. The van der Waals surface area contributed by atoms with Gasteiger partial charge < -0.3 is 19.3 Å². The SMILES string of the molecule is CCOC(=O)O[C@]1(C(=O)COC(=O)CCl)CC[C@H]2[C@@H]3C[C@H](F)C4=CC(=O)C=C[C@]4(C)[C@H]3C(O)C[C@@]21C. The van der Waals surface area contributed by atoms with Crippen molar-refractivity contribution in [3.63, 3.8) is 0 Å². The third-order valence-electron chi connectivity index (χ3n) is 9.04. The zero-order chi connectivity index (χ0) is 26.5. The van der Waals surface area contributed by atoms with Gasteiger partial charge in [0.1, 0.15) is 12.1 Å². The van der Waals surface area contributed by atoms with Crippen molar-refractivity contribution in [2.75, 3.05) is 19.1 Å². The van der Waals surface area contributed by atoms with Crippen LogP contribution in [0.2, 0.25) is 0 Å². The lowest BCUT2D eigenvalue weighted by Crippen LogP contribution is -2.64. The van der Waals surface area contributed by atoms with Gasteiger partial charge in [-0.25, -0.2) is 9.18 Å².